The molecular formula is C13H17N3. The number of hydrogen-bond donors (Lipinski definition) is 1. The van der Waals surface area contributed by atoms with Crippen LogP contribution >= 0.6 is 0 Å². The van der Waals surface area contributed by atoms with Gasteiger partial charge in [-0.1, -0.05) is 35.4 Å². The second-order valence-corrected chi connectivity index (χ2v) is 3.74. The van der Waals surface area contributed by atoms with Crippen LogP contribution in [0.5, 0.6) is 0 Å². The Labute approximate surface area is 96.4 Å². The molecule has 2 N–H and O–H groups in total. The van der Waals surface area contributed by atoms with Crippen molar-refractivity contribution in [3.8, 4) is 0 Å². The van der Waals surface area contributed by atoms with Gasteiger partial charge in [0.05, 0.1) is 18.1 Å². The summed E-state index contributed by atoms with van der Waals surface area (Å²) in [5.41, 5.74) is 8.80. The third kappa shape index (κ3) is 4.55. The fourth-order valence-corrected chi connectivity index (χ4v) is 1.04. The number of aromatic nitrogens is 2. The molecule has 0 amide bonds. The van der Waals surface area contributed by atoms with Gasteiger partial charge >= 0.3 is 0 Å². The number of nitrogens with two attached hydrogens (primary N) is 1. The summed E-state index contributed by atoms with van der Waals surface area (Å²) in [5, 5.41) is 0. The molecule has 84 valence electrons. The Morgan fingerprint density at radius 2 is 1.31 bits per heavy atom. The number of benzene rings is 1. The zero-order chi connectivity index (χ0) is 12.0. The molecule has 2 rings (SSSR count). The molecule has 0 saturated heterocycles. The van der Waals surface area contributed by atoms with Gasteiger partial charge in [-0.25, -0.2) is 4.98 Å². The maximum atomic E-state index is 5.25. The Morgan fingerprint density at radius 1 is 0.812 bits per heavy atom. The van der Waals surface area contributed by atoms with Gasteiger partial charge in [0.1, 0.15) is 5.82 Å². The first-order valence-corrected chi connectivity index (χ1v) is 5.15. The first-order chi connectivity index (χ1) is 7.58. The number of nitrogen functional groups attached to an aromatic ring is 1. The van der Waals surface area contributed by atoms with Gasteiger partial charge in [0.15, 0.2) is 0 Å². The van der Waals surface area contributed by atoms with Crippen LogP contribution in [0.2, 0.25) is 0 Å². The lowest BCUT2D eigenvalue weighted by Crippen LogP contribution is -1.90. The normalized spacial score (nSPS) is 9.19. The van der Waals surface area contributed by atoms with Crippen molar-refractivity contribution in [3.05, 3.63) is 53.5 Å². The van der Waals surface area contributed by atoms with Gasteiger partial charge in [-0.2, -0.15) is 0 Å². The van der Waals surface area contributed by atoms with Crippen LogP contribution < -0.4 is 5.73 Å². The minimum absolute atomic E-state index is 0.468. The lowest BCUT2D eigenvalue weighted by Gasteiger charge is -1.90. The first kappa shape index (κ1) is 12.2. The zero-order valence-corrected chi connectivity index (χ0v) is 9.94. The second-order valence-electron chi connectivity index (χ2n) is 3.74. The average Bonchev–Trinajstić information content (AvgIpc) is 2.28. The molecule has 0 bridgehead atoms. The molecule has 16 heavy (non-hydrogen) atoms. The van der Waals surface area contributed by atoms with Crippen molar-refractivity contribution >= 4 is 5.82 Å². The van der Waals surface area contributed by atoms with Crippen LogP contribution in [0.4, 0.5) is 5.82 Å². The van der Waals surface area contributed by atoms with Crippen LogP contribution in [0, 0.1) is 20.8 Å². The third-order valence-corrected chi connectivity index (χ3v) is 2.02. The van der Waals surface area contributed by atoms with E-state index >= 15 is 0 Å². The van der Waals surface area contributed by atoms with Gasteiger partial charge in [-0.3, -0.25) is 4.98 Å². The highest BCUT2D eigenvalue weighted by molar-refractivity contribution is 5.22. The van der Waals surface area contributed by atoms with Crippen LogP contribution in [0.3, 0.4) is 0 Å². The molecule has 0 unspecified atom stereocenters. The van der Waals surface area contributed by atoms with Gasteiger partial charge in [0.25, 0.3) is 0 Å². The molecule has 1 aromatic heterocycles. The predicted molar refractivity (Wildman–Crippen MR) is 67.1 cm³/mol. The Bertz CT molecular complexity index is 332. The molecule has 1 heterocycles. The van der Waals surface area contributed by atoms with E-state index in [1.165, 1.54) is 17.3 Å². The van der Waals surface area contributed by atoms with Crippen LogP contribution in [-0.2, 0) is 0 Å². The van der Waals surface area contributed by atoms with Gasteiger partial charge in [0.2, 0.25) is 0 Å². The number of aryl methyl sites for hydroxylation is 3. The standard InChI is InChI=1S/C8H10.C5H7N3/c1-7-3-5-8(2)6-4-7;1-4-2-8-5(6)3-7-4/h3-6H,1-2H3;2-3H,1H3,(H2,6,8). The van der Waals surface area contributed by atoms with Crippen LogP contribution in [0.1, 0.15) is 16.8 Å². The number of nitrogens with zero attached hydrogens (tertiary/aromatic N) is 2. The highest BCUT2D eigenvalue weighted by atomic mass is 14.9. The first-order valence-electron chi connectivity index (χ1n) is 5.15. The number of rotatable bonds is 0. The molecule has 3 heteroatoms. The largest absolute Gasteiger partial charge is 0.382 e. The smallest absolute Gasteiger partial charge is 0.141 e. The summed E-state index contributed by atoms with van der Waals surface area (Å²) in [4.78, 5) is 7.69. The van der Waals surface area contributed by atoms with Gasteiger partial charge in [0, 0.05) is 0 Å². The highest BCUT2D eigenvalue weighted by Crippen LogP contribution is 1.99. The summed E-state index contributed by atoms with van der Waals surface area (Å²) >= 11 is 0. The lowest BCUT2D eigenvalue weighted by atomic mass is 10.2. The zero-order valence-electron chi connectivity index (χ0n) is 9.94. The van der Waals surface area contributed by atoms with Crippen LogP contribution in [0.25, 0.3) is 0 Å². The molecule has 2 aromatic rings. The summed E-state index contributed by atoms with van der Waals surface area (Å²) in [7, 11) is 0. The van der Waals surface area contributed by atoms with Crippen molar-refractivity contribution in [2.75, 3.05) is 5.73 Å². The lowest BCUT2D eigenvalue weighted by molar-refractivity contribution is 1.13. The van der Waals surface area contributed by atoms with Crippen LogP contribution in [-0.4, -0.2) is 9.97 Å². The van der Waals surface area contributed by atoms with Gasteiger partial charge in [-0.05, 0) is 20.8 Å². The second kappa shape index (κ2) is 5.85. The quantitative estimate of drug-likeness (QED) is 0.735. The van der Waals surface area contributed by atoms with Gasteiger partial charge in [-0.15, -0.1) is 0 Å². The van der Waals surface area contributed by atoms with Gasteiger partial charge < -0.3 is 5.73 Å². The summed E-state index contributed by atoms with van der Waals surface area (Å²) in [6.45, 7) is 6.06. The molecule has 3 nitrogen and oxygen atoms in total. The molecule has 0 radical (unpaired) electrons. The van der Waals surface area contributed by atoms with Crippen molar-refractivity contribution in [1.82, 2.24) is 9.97 Å². The summed E-state index contributed by atoms with van der Waals surface area (Å²) in [5.74, 6) is 0.468. The molecule has 0 fully saturated rings. The van der Waals surface area contributed by atoms with Crippen molar-refractivity contribution in [2.45, 2.75) is 20.8 Å². The summed E-state index contributed by atoms with van der Waals surface area (Å²) in [6.07, 6.45) is 3.17. The number of hydrogen-bond acceptors (Lipinski definition) is 3. The minimum atomic E-state index is 0.468. The van der Waals surface area contributed by atoms with Crippen molar-refractivity contribution in [1.29, 1.82) is 0 Å². The highest BCUT2D eigenvalue weighted by Gasteiger charge is 1.83. The van der Waals surface area contributed by atoms with Crippen LogP contribution in [0.15, 0.2) is 36.7 Å². The fourth-order valence-electron chi connectivity index (χ4n) is 1.04. The SMILES string of the molecule is Cc1ccc(C)cc1.Cc1cnc(N)cn1. The maximum Gasteiger partial charge on any atom is 0.141 e. The third-order valence-electron chi connectivity index (χ3n) is 2.02. The van der Waals surface area contributed by atoms with Crippen molar-refractivity contribution < 1.29 is 0 Å². The predicted octanol–water partition coefficient (Wildman–Crippen LogP) is 2.67. The minimum Gasteiger partial charge on any atom is -0.382 e. The Hall–Kier alpha value is -1.90. The van der Waals surface area contributed by atoms with E-state index in [-0.39, 0.29) is 0 Å². The molecule has 0 saturated carbocycles. The topological polar surface area (TPSA) is 51.8 Å². The molecule has 0 aliphatic rings. The Balaban J connectivity index is 0.000000160. The van der Waals surface area contributed by atoms with E-state index in [9.17, 15) is 0 Å². The van der Waals surface area contributed by atoms with E-state index in [2.05, 4.69) is 48.1 Å². The summed E-state index contributed by atoms with van der Waals surface area (Å²) in [6, 6.07) is 8.48. The van der Waals surface area contributed by atoms with Crippen molar-refractivity contribution in [3.63, 3.8) is 0 Å². The van der Waals surface area contributed by atoms with E-state index in [4.69, 9.17) is 5.73 Å². The van der Waals surface area contributed by atoms with Crippen molar-refractivity contribution in [2.24, 2.45) is 0 Å². The Morgan fingerprint density at radius 3 is 1.62 bits per heavy atom. The monoisotopic (exact) mass is 215 g/mol. The van der Waals surface area contributed by atoms with E-state index in [0.29, 0.717) is 5.82 Å². The average molecular weight is 215 g/mol. The number of anilines is 1. The molecular weight excluding hydrogens is 198 g/mol. The van der Waals surface area contributed by atoms with E-state index in [1.54, 1.807) is 6.20 Å². The maximum absolute atomic E-state index is 5.25. The fraction of sp³-hybridized carbons (Fsp3) is 0.231. The molecule has 0 aliphatic carbocycles. The molecule has 1 aromatic carbocycles. The van der Waals surface area contributed by atoms with E-state index in [1.807, 2.05) is 6.92 Å². The van der Waals surface area contributed by atoms with E-state index in [0.717, 1.165) is 5.69 Å². The molecule has 0 atom stereocenters. The Kier molecular flexibility index (Phi) is 4.45. The summed E-state index contributed by atoms with van der Waals surface area (Å²) < 4.78 is 0. The molecule has 0 aliphatic heterocycles. The van der Waals surface area contributed by atoms with E-state index < -0.39 is 0 Å². The molecule has 0 spiro atoms.